The smallest absolute Gasteiger partial charge is 0.237 e. The SMILES string of the molecule is Cc1ccccc1Cc1noc(CSc2nnc(CO)n2C)n1. The van der Waals surface area contributed by atoms with Crippen LogP contribution in [0.4, 0.5) is 0 Å². The van der Waals surface area contributed by atoms with Gasteiger partial charge in [-0.1, -0.05) is 41.2 Å². The third-order valence-electron chi connectivity index (χ3n) is 3.51. The molecule has 0 amide bonds. The molecule has 0 radical (unpaired) electrons. The van der Waals surface area contributed by atoms with E-state index in [1.165, 1.54) is 22.9 Å². The summed E-state index contributed by atoms with van der Waals surface area (Å²) < 4.78 is 7.03. The number of aliphatic hydroxyl groups excluding tert-OH is 1. The Balaban J connectivity index is 1.63. The van der Waals surface area contributed by atoms with Gasteiger partial charge in [0.05, 0.1) is 5.75 Å². The predicted octanol–water partition coefficient (Wildman–Crippen LogP) is 1.88. The summed E-state index contributed by atoms with van der Waals surface area (Å²) in [5.74, 6) is 2.26. The highest BCUT2D eigenvalue weighted by Gasteiger charge is 2.12. The Bertz CT molecular complexity index is 799. The van der Waals surface area contributed by atoms with Crippen LogP contribution < -0.4 is 0 Å². The van der Waals surface area contributed by atoms with Gasteiger partial charge in [-0.15, -0.1) is 10.2 Å². The first-order valence-electron chi connectivity index (χ1n) is 7.15. The van der Waals surface area contributed by atoms with Crippen molar-refractivity contribution in [1.29, 1.82) is 0 Å². The molecule has 0 aliphatic rings. The lowest BCUT2D eigenvalue weighted by molar-refractivity contribution is 0.266. The van der Waals surface area contributed by atoms with Gasteiger partial charge in [0, 0.05) is 13.5 Å². The van der Waals surface area contributed by atoms with Crippen LogP contribution in [-0.2, 0) is 25.8 Å². The molecule has 0 saturated carbocycles. The summed E-state index contributed by atoms with van der Waals surface area (Å²) in [5, 5.41) is 21.7. The number of hydrogen-bond donors (Lipinski definition) is 1. The molecule has 0 fully saturated rings. The van der Waals surface area contributed by atoms with Gasteiger partial charge in [0.25, 0.3) is 0 Å². The highest BCUT2D eigenvalue weighted by Crippen LogP contribution is 2.20. The van der Waals surface area contributed by atoms with Crippen molar-refractivity contribution in [3.8, 4) is 0 Å². The fourth-order valence-electron chi connectivity index (χ4n) is 2.13. The van der Waals surface area contributed by atoms with E-state index >= 15 is 0 Å². The van der Waals surface area contributed by atoms with Crippen LogP contribution in [0.15, 0.2) is 33.9 Å². The summed E-state index contributed by atoms with van der Waals surface area (Å²) in [4.78, 5) is 4.41. The zero-order valence-electron chi connectivity index (χ0n) is 12.9. The number of nitrogens with zero attached hydrogens (tertiary/aromatic N) is 5. The van der Waals surface area contributed by atoms with Gasteiger partial charge in [-0.3, -0.25) is 0 Å². The van der Waals surface area contributed by atoms with Crippen LogP contribution in [0, 0.1) is 6.92 Å². The van der Waals surface area contributed by atoms with E-state index in [9.17, 15) is 0 Å². The normalized spacial score (nSPS) is 11.1. The van der Waals surface area contributed by atoms with E-state index in [0.717, 1.165) is 0 Å². The molecule has 23 heavy (non-hydrogen) atoms. The maximum absolute atomic E-state index is 9.11. The van der Waals surface area contributed by atoms with Gasteiger partial charge in [-0.05, 0) is 18.1 Å². The second-order valence-electron chi connectivity index (χ2n) is 5.11. The minimum atomic E-state index is -0.134. The number of aromatic nitrogens is 5. The molecule has 120 valence electrons. The van der Waals surface area contributed by atoms with Crippen LogP contribution in [0.1, 0.15) is 28.7 Å². The summed E-state index contributed by atoms with van der Waals surface area (Å²) in [7, 11) is 1.81. The molecule has 1 aromatic carbocycles. The number of aliphatic hydroxyl groups is 1. The molecule has 0 aliphatic heterocycles. The molecule has 0 unspecified atom stereocenters. The van der Waals surface area contributed by atoms with Crippen molar-refractivity contribution >= 4 is 11.8 Å². The monoisotopic (exact) mass is 331 g/mol. The zero-order valence-corrected chi connectivity index (χ0v) is 13.7. The zero-order chi connectivity index (χ0) is 16.2. The van der Waals surface area contributed by atoms with E-state index in [4.69, 9.17) is 9.63 Å². The molecule has 0 spiro atoms. The van der Waals surface area contributed by atoms with E-state index < -0.39 is 0 Å². The molecular formula is C15H17N5O2S. The molecule has 1 N–H and O–H groups in total. The van der Waals surface area contributed by atoms with Crippen molar-refractivity contribution in [2.75, 3.05) is 0 Å². The van der Waals surface area contributed by atoms with E-state index in [1.807, 2.05) is 19.2 Å². The van der Waals surface area contributed by atoms with Crippen LogP contribution in [0.2, 0.25) is 0 Å². The standard InChI is InChI=1S/C15H17N5O2S/c1-10-5-3-4-6-11(10)7-12-16-14(22-19-12)9-23-15-18-17-13(8-21)20(15)2/h3-6,21H,7-9H2,1-2H3. The highest BCUT2D eigenvalue weighted by molar-refractivity contribution is 7.98. The first-order chi connectivity index (χ1) is 11.2. The Morgan fingerprint density at radius 1 is 1.26 bits per heavy atom. The Labute approximate surface area is 137 Å². The van der Waals surface area contributed by atoms with Crippen molar-refractivity contribution < 1.29 is 9.63 Å². The van der Waals surface area contributed by atoms with Crippen molar-refractivity contribution in [3.05, 3.63) is 52.9 Å². The van der Waals surface area contributed by atoms with Gasteiger partial charge in [-0.2, -0.15) is 4.98 Å². The van der Waals surface area contributed by atoms with Crippen LogP contribution in [-0.4, -0.2) is 30.0 Å². The average molecular weight is 331 g/mol. The topological polar surface area (TPSA) is 89.9 Å². The number of benzene rings is 1. The summed E-state index contributed by atoms with van der Waals surface area (Å²) in [6.45, 7) is 1.93. The lowest BCUT2D eigenvalue weighted by atomic mass is 10.1. The van der Waals surface area contributed by atoms with E-state index in [-0.39, 0.29) is 6.61 Å². The molecule has 2 aromatic heterocycles. The largest absolute Gasteiger partial charge is 0.388 e. The molecule has 3 rings (SSSR count). The minimum absolute atomic E-state index is 0.134. The molecule has 3 aromatic rings. The first-order valence-corrected chi connectivity index (χ1v) is 8.14. The van der Waals surface area contributed by atoms with E-state index in [0.29, 0.717) is 34.9 Å². The first kappa shape index (κ1) is 15.7. The third-order valence-corrected chi connectivity index (χ3v) is 4.52. The predicted molar refractivity (Wildman–Crippen MR) is 84.8 cm³/mol. The molecule has 0 aliphatic carbocycles. The molecule has 0 atom stereocenters. The van der Waals surface area contributed by atoms with Crippen LogP contribution in [0.3, 0.4) is 0 Å². The summed E-state index contributed by atoms with van der Waals surface area (Å²) in [5.41, 5.74) is 2.40. The lowest BCUT2D eigenvalue weighted by Crippen LogP contribution is -1.98. The van der Waals surface area contributed by atoms with Gasteiger partial charge < -0.3 is 14.2 Å². The van der Waals surface area contributed by atoms with Crippen LogP contribution in [0.25, 0.3) is 0 Å². The molecular weight excluding hydrogens is 314 g/mol. The van der Waals surface area contributed by atoms with Gasteiger partial charge in [0.15, 0.2) is 16.8 Å². The Kier molecular flexibility index (Phi) is 4.73. The van der Waals surface area contributed by atoms with Gasteiger partial charge in [-0.25, -0.2) is 0 Å². The second-order valence-corrected chi connectivity index (χ2v) is 6.05. The molecule has 2 heterocycles. The van der Waals surface area contributed by atoms with Crippen LogP contribution >= 0.6 is 11.8 Å². The van der Waals surface area contributed by atoms with Crippen LogP contribution in [0.5, 0.6) is 0 Å². The maximum Gasteiger partial charge on any atom is 0.237 e. The highest BCUT2D eigenvalue weighted by atomic mass is 32.2. The van der Waals surface area contributed by atoms with Crippen molar-refractivity contribution in [2.45, 2.75) is 30.9 Å². The maximum atomic E-state index is 9.11. The van der Waals surface area contributed by atoms with E-state index in [1.54, 1.807) is 4.57 Å². The molecule has 8 heteroatoms. The van der Waals surface area contributed by atoms with Crippen molar-refractivity contribution in [2.24, 2.45) is 7.05 Å². The molecule has 0 saturated heterocycles. The fraction of sp³-hybridized carbons (Fsp3) is 0.333. The number of thioether (sulfide) groups is 1. The van der Waals surface area contributed by atoms with Gasteiger partial charge >= 0.3 is 0 Å². The summed E-state index contributed by atoms with van der Waals surface area (Å²) >= 11 is 1.44. The third kappa shape index (κ3) is 3.59. The number of rotatable bonds is 6. The number of aryl methyl sites for hydroxylation is 1. The lowest BCUT2D eigenvalue weighted by Gasteiger charge is -2.01. The Morgan fingerprint density at radius 3 is 2.83 bits per heavy atom. The molecule has 0 bridgehead atoms. The Morgan fingerprint density at radius 2 is 2.09 bits per heavy atom. The Hall–Kier alpha value is -2.19. The molecule has 7 nitrogen and oxygen atoms in total. The number of hydrogen-bond acceptors (Lipinski definition) is 7. The fourth-order valence-corrected chi connectivity index (χ4v) is 2.90. The quantitative estimate of drug-likeness (QED) is 0.690. The van der Waals surface area contributed by atoms with Crippen molar-refractivity contribution in [1.82, 2.24) is 24.9 Å². The summed E-state index contributed by atoms with van der Waals surface area (Å²) in [6.07, 6.45) is 0.652. The van der Waals surface area contributed by atoms with E-state index in [2.05, 4.69) is 39.4 Å². The average Bonchev–Trinajstić information content (AvgIpc) is 3.14. The second kappa shape index (κ2) is 6.93. The van der Waals surface area contributed by atoms with Gasteiger partial charge in [0.2, 0.25) is 5.89 Å². The summed E-state index contributed by atoms with van der Waals surface area (Å²) in [6, 6.07) is 8.15. The minimum Gasteiger partial charge on any atom is -0.388 e. The van der Waals surface area contributed by atoms with Crippen molar-refractivity contribution in [3.63, 3.8) is 0 Å². The van der Waals surface area contributed by atoms with Gasteiger partial charge in [0.1, 0.15) is 6.61 Å².